The summed E-state index contributed by atoms with van der Waals surface area (Å²) in [5.74, 6) is -0.238. The summed E-state index contributed by atoms with van der Waals surface area (Å²) in [6.07, 6.45) is -4.48. The van der Waals surface area contributed by atoms with Gasteiger partial charge >= 0.3 is 6.18 Å². The first kappa shape index (κ1) is 11.3. The Bertz CT molecular complexity index is 454. The van der Waals surface area contributed by atoms with E-state index in [1.807, 2.05) is 0 Å². The molecule has 0 saturated carbocycles. The van der Waals surface area contributed by atoms with Gasteiger partial charge in [-0.25, -0.2) is 0 Å². The monoisotopic (exact) mass is 250 g/mol. The van der Waals surface area contributed by atoms with Gasteiger partial charge in [0.1, 0.15) is 5.75 Å². The lowest BCUT2D eigenvalue weighted by Crippen LogP contribution is -2.17. The minimum Gasteiger partial charge on any atom is -0.492 e. The van der Waals surface area contributed by atoms with Crippen molar-refractivity contribution in [1.82, 2.24) is 0 Å². The van der Waals surface area contributed by atoms with Crippen molar-refractivity contribution < 1.29 is 22.7 Å². The van der Waals surface area contributed by atoms with Gasteiger partial charge in [0.25, 0.3) is 0 Å². The molecule has 0 spiro atoms. The molecule has 86 valence electrons. The molecule has 0 aromatic heterocycles. The molecule has 1 heterocycles. The number of carbonyl (C=O) groups excluding carboxylic acids is 1. The van der Waals surface area contributed by atoms with Crippen LogP contribution in [0.4, 0.5) is 13.2 Å². The Hall–Kier alpha value is -1.23. The van der Waals surface area contributed by atoms with Gasteiger partial charge in [-0.05, 0) is 6.07 Å². The van der Waals surface area contributed by atoms with Crippen LogP contribution in [0.25, 0.3) is 0 Å². The third-order valence-electron chi connectivity index (χ3n) is 2.26. The van der Waals surface area contributed by atoms with Gasteiger partial charge in [-0.1, -0.05) is 11.6 Å². The summed E-state index contributed by atoms with van der Waals surface area (Å²) in [4.78, 5) is 11.4. The fraction of sp³-hybridized carbons (Fsp3) is 0.300. The maximum Gasteiger partial charge on any atom is 0.417 e. The van der Waals surface area contributed by atoms with Crippen LogP contribution in [-0.4, -0.2) is 12.4 Å². The number of carbonyl (C=O) groups is 1. The molecule has 0 fully saturated rings. The molecule has 0 amide bonds. The maximum absolute atomic E-state index is 12.5. The summed E-state index contributed by atoms with van der Waals surface area (Å²) in [5.41, 5.74) is -1.06. The highest BCUT2D eigenvalue weighted by molar-refractivity contribution is 6.31. The summed E-state index contributed by atoms with van der Waals surface area (Å²) >= 11 is 5.48. The summed E-state index contributed by atoms with van der Waals surface area (Å²) in [6.45, 7) is 0.174. The van der Waals surface area contributed by atoms with Crippen molar-refractivity contribution >= 4 is 17.4 Å². The van der Waals surface area contributed by atoms with E-state index in [0.29, 0.717) is 0 Å². The van der Waals surface area contributed by atoms with Gasteiger partial charge in [-0.2, -0.15) is 13.2 Å². The topological polar surface area (TPSA) is 26.3 Å². The van der Waals surface area contributed by atoms with E-state index in [-0.39, 0.29) is 30.1 Å². The predicted octanol–water partition coefficient (Wildman–Crippen LogP) is 3.32. The number of rotatable bonds is 0. The Morgan fingerprint density at radius 1 is 1.31 bits per heavy atom. The van der Waals surface area contributed by atoms with E-state index in [2.05, 4.69) is 0 Å². The number of fused-ring (bicyclic) bond motifs is 1. The van der Waals surface area contributed by atoms with Gasteiger partial charge in [-0.3, -0.25) is 4.79 Å². The molecule has 1 aliphatic heterocycles. The summed E-state index contributed by atoms with van der Waals surface area (Å²) < 4.78 is 42.6. The number of hydrogen-bond donors (Lipinski definition) is 0. The van der Waals surface area contributed by atoms with Crippen LogP contribution in [0.15, 0.2) is 12.1 Å². The number of benzene rings is 1. The van der Waals surface area contributed by atoms with Crippen LogP contribution in [-0.2, 0) is 6.18 Å². The zero-order valence-corrected chi connectivity index (χ0v) is 8.65. The first-order valence-electron chi connectivity index (χ1n) is 4.46. The van der Waals surface area contributed by atoms with Gasteiger partial charge in [0.2, 0.25) is 0 Å². The lowest BCUT2D eigenvalue weighted by atomic mass is 10.0. The first-order chi connectivity index (χ1) is 7.39. The number of hydrogen-bond acceptors (Lipinski definition) is 2. The van der Waals surface area contributed by atoms with Gasteiger partial charge in [0.15, 0.2) is 5.78 Å². The normalized spacial score (nSPS) is 15.6. The number of alkyl halides is 3. The molecule has 6 heteroatoms. The Labute approximate surface area is 94.0 Å². The Morgan fingerprint density at radius 3 is 2.62 bits per heavy atom. The van der Waals surface area contributed by atoms with E-state index >= 15 is 0 Å². The van der Waals surface area contributed by atoms with Crippen molar-refractivity contribution in [1.29, 1.82) is 0 Å². The van der Waals surface area contributed by atoms with Gasteiger partial charge in [0.05, 0.1) is 22.8 Å². The van der Waals surface area contributed by atoms with E-state index in [1.54, 1.807) is 0 Å². The van der Waals surface area contributed by atoms with Crippen molar-refractivity contribution in [3.8, 4) is 5.75 Å². The van der Waals surface area contributed by atoms with Crippen LogP contribution < -0.4 is 4.74 Å². The molecule has 2 nitrogen and oxygen atoms in total. The molecule has 0 bridgehead atoms. The van der Waals surface area contributed by atoms with E-state index in [0.717, 1.165) is 12.1 Å². The van der Waals surface area contributed by atoms with Crippen LogP contribution in [0.2, 0.25) is 5.02 Å². The van der Waals surface area contributed by atoms with E-state index in [9.17, 15) is 18.0 Å². The molecule has 0 aliphatic carbocycles. The van der Waals surface area contributed by atoms with Crippen LogP contribution in [0, 0.1) is 0 Å². The molecule has 16 heavy (non-hydrogen) atoms. The van der Waals surface area contributed by atoms with Crippen LogP contribution in [0.1, 0.15) is 22.3 Å². The zero-order valence-electron chi connectivity index (χ0n) is 7.90. The van der Waals surface area contributed by atoms with Crippen molar-refractivity contribution in [3.63, 3.8) is 0 Å². The largest absolute Gasteiger partial charge is 0.492 e. The molecular formula is C10H6ClF3O2. The summed E-state index contributed by atoms with van der Waals surface area (Å²) in [6, 6.07) is 1.79. The number of Topliss-reactive ketones (excluding diaryl/α,β-unsaturated/α-hetero) is 1. The number of halogens is 4. The Balaban J connectivity index is 2.59. The van der Waals surface area contributed by atoms with Crippen LogP contribution in [0.3, 0.4) is 0 Å². The SMILES string of the molecule is O=C1CCOc2cc(Cl)c(C(F)(F)F)cc21. The molecule has 0 unspecified atom stereocenters. The molecule has 0 atom stereocenters. The first-order valence-corrected chi connectivity index (χ1v) is 4.84. The van der Waals surface area contributed by atoms with Crippen LogP contribution >= 0.6 is 11.6 Å². The van der Waals surface area contributed by atoms with Crippen molar-refractivity contribution in [3.05, 3.63) is 28.3 Å². The maximum atomic E-state index is 12.5. The van der Waals surface area contributed by atoms with Gasteiger partial charge < -0.3 is 4.74 Å². The second-order valence-corrected chi connectivity index (χ2v) is 3.75. The Kier molecular flexibility index (Phi) is 2.58. The number of ether oxygens (including phenoxy) is 1. The fourth-order valence-electron chi connectivity index (χ4n) is 1.50. The second-order valence-electron chi connectivity index (χ2n) is 3.35. The van der Waals surface area contributed by atoms with Crippen molar-refractivity contribution in [2.75, 3.05) is 6.61 Å². The van der Waals surface area contributed by atoms with Crippen LogP contribution in [0.5, 0.6) is 5.75 Å². The smallest absolute Gasteiger partial charge is 0.417 e. The fourth-order valence-corrected chi connectivity index (χ4v) is 1.76. The number of ketones is 1. The molecule has 1 aromatic rings. The highest BCUT2D eigenvalue weighted by Gasteiger charge is 2.35. The van der Waals surface area contributed by atoms with Crippen molar-refractivity contribution in [2.24, 2.45) is 0 Å². The third-order valence-corrected chi connectivity index (χ3v) is 2.57. The van der Waals surface area contributed by atoms with Gasteiger partial charge in [0, 0.05) is 12.5 Å². The standard InChI is InChI=1S/C10H6ClF3O2/c11-7-4-9-5(8(15)1-2-16-9)3-6(7)10(12,13)14/h3-4H,1-2H2. The summed E-state index contributed by atoms with van der Waals surface area (Å²) in [7, 11) is 0. The average molecular weight is 251 g/mol. The van der Waals surface area contributed by atoms with E-state index < -0.39 is 16.8 Å². The summed E-state index contributed by atoms with van der Waals surface area (Å²) in [5, 5.41) is -0.457. The average Bonchev–Trinajstić information content (AvgIpc) is 2.15. The van der Waals surface area contributed by atoms with Gasteiger partial charge in [-0.15, -0.1) is 0 Å². The predicted molar refractivity (Wildman–Crippen MR) is 50.9 cm³/mol. The molecule has 1 aliphatic rings. The Morgan fingerprint density at radius 2 is 2.00 bits per heavy atom. The van der Waals surface area contributed by atoms with Crippen molar-refractivity contribution in [2.45, 2.75) is 12.6 Å². The minimum atomic E-state index is -4.57. The lowest BCUT2D eigenvalue weighted by Gasteiger charge is -2.18. The third kappa shape index (κ3) is 1.87. The molecule has 0 saturated heterocycles. The quantitative estimate of drug-likeness (QED) is 0.706. The molecule has 2 rings (SSSR count). The van der Waals surface area contributed by atoms with E-state index in [4.69, 9.17) is 16.3 Å². The highest BCUT2D eigenvalue weighted by atomic mass is 35.5. The lowest BCUT2D eigenvalue weighted by molar-refractivity contribution is -0.137. The molecule has 0 N–H and O–H groups in total. The molecule has 1 aromatic carbocycles. The minimum absolute atomic E-state index is 0.0528. The zero-order chi connectivity index (χ0) is 11.9. The second kappa shape index (κ2) is 3.66. The molecule has 0 radical (unpaired) electrons. The van der Waals surface area contributed by atoms with E-state index in [1.165, 1.54) is 0 Å². The highest BCUT2D eigenvalue weighted by Crippen LogP contribution is 2.39. The molecular weight excluding hydrogens is 245 g/mol.